The molecule has 0 aliphatic carbocycles. The Hall–Kier alpha value is -0.720. The summed E-state index contributed by atoms with van der Waals surface area (Å²) in [5.74, 6) is 1.53. The van der Waals surface area contributed by atoms with Gasteiger partial charge in [0.25, 0.3) is 0 Å². The number of aromatic nitrogens is 2. The predicted molar refractivity (Wildman–Crippen MR) is 87.2 cm³/mol. The summed E-state index contributed by atoms with van der Waals surface area (Å²) in [6.07, 6.45) is 0. The van der Waals surface area contributed by atoms with E-state index < -0.39 is 0 Å². The van der Waals surface area contributed by atoms with Crippen LogP contribution < -0.4 is 0 Å². The van der Waals surface area contributed by atoms with E-state index in [1.807, 2.05) is 6.07 Å². The van der Waals surface area contributed by atoms with Crippen molar-refractivity contribution in [2.45, 2.75) is 30.4 Å². The highest BCUT2D eigenvalue weighted by Crippen LogP contribution is 2.26. The molecular formula is C14H14BrFN2S2. The number of H-pyrrole nitrogens is 1. The van der Waals surface area contributed by atoms with Gasteiger partial charge in [0.05, 0.1) is 10.2 Å². The summed E-state index contributed by atoms with van der Waals surface area (Å²) in [7, 11) is 0. The van der Waals surface area contributed by atoms with Crippen molar-refractivity contribution < 1.29 is 4.39 Å². The van der Waals surface area contributed by atoms with E-state index in [0.29, 0.717) is 16.3 Å². The topological polar surface area (TPSA) is 28.7 Å². The minimum absolute atomic E-state index is 0.227. The molecule has 6 heteroatoms. The molecule has 20 heavy (non-hydrogen) atoms. The number of aromatic amines is 1. The average Bonchev–Trinajstić information content (AvgIpc) is 2.39. The smallest absolute Gasteiger partial charge is 0.144 e. The Morgan fingerprint density at radius 1 is 1.45 bits per heavy atom. The number of hydrogen-bond acceptors (Lipinski definition) is 3. The number of benzene rings is 1. The predicted octanol–water partition coefficient (Wildman–Crippen LogP) is 5.46. The van der Waals surface area contributed by atoms with Gasteiger partial charge in [0.2, 0.25) is 0 Å². The van der Waals surface area contributed by atoms with Crippen molar-refractivity contribution in [1.29, 1.82) is 0 Å². The zero-order valence-electron chi connectivity index (χ0n) is 11.1. The van der Waals surface area contributed by atoms with Crippen molar-refractivity contribution >= 4 is 39.9 Å². The molecule has 0 saturated heterocycles. The van der Waals surface area contributed by atoms with E-state index in [4.69, 9.17) is 12.2 Å². The number of thioether (sulfide) groups is 1. The molecule has 1 aromatic heterocycles. The zero-order chi connectivity index (χ0) is 14.7. The van der Waals surface area contributed by atoms with Crippen LogP contribution in [0.4, 0.5) is 4.39 Å². The molecule has 1 N–H and O–H groups in total. The first-order chi connectivity index (χ1) is 9.47. The minimum atomic E-state index is -0.227. The summed E-state index contributed by atoms with van der Waals surface area (Å²) < 4.78 is 14.5. The maximum absolute atomic E-state index is 13.1. The molecule has 0 amide bonds. The third-order valence-electron chi connectivity index (χ3n) is 2.69. The summed E-state index contributed by atoms with van der Waals surface area (Å²) in [6, 6.07) is 6.53. The molecule has 106 valence electrons. The van der Waals surface area contributed by atoms with Gasteiger partial charge in [0.1, 0.15) is 16.3 Å². The highest BCUT2D eigenvalue weighted by molar-refractivity contribution is 9.10. The molecule has 0 spiro atoms. The standard InChI is InChI=1S/C14H14BrFN2S2/c1-8(2)13-12(15)14(19)18-11(17-13)7-20-10-5-3-4-9(16)6-10/h3-6,8H,7H2,1-2H3,(H,17,18,19). The summed E-state index contributed by atoms with van der Waals surface area (Å²) >= 11 is 10.2. The Labute approximate surface area is 135 Å². The number of halogens is 2. The quantitative estimate of drug-likeness (QED) is 0.570. The Morgan fingerprint density at radius 2 is 2.20 bits per heavy atom. The van der Waals surface area contributed by atoms with Gasteiger partial charge < -0.3 is 4.98 Å². The van der Waals surface area contributed by atoms with Gasteiger partial charge in [-0.3, -0.25) is 0 Å². The number of rotatable bonds is 4. The van der Waals surface area contributed by atoms with Crippen molar-refractivity contribution in [3.05, 3.63) is 50.7 Å². The molecule has 2 aromatic rings. The van der Waals surface area contributed by atoms with Gasteiger partial charge in [0.15, 0.2) is 0 Å². The first-order valence-electron chi connectivity index (χ1n) is 6.14. The third-order valence-corrected chi connectivity index (χ3v) is 5.05. The number of hydrogen-bond donors (Lipinski definition) is 1. The summed E-state index contributed by atoms with van der Waals surface area (Å²) in [6.45, 7) is 4.18. The van der Waals surface area contributed by atoms with Gasteiger partial charge in [-0.25, -0.2) is 9.37 Å². The fourth-order valence-corrected chi connectivity index (χ4v) is 3.38. The zero-order valence-corrected chi connectivity index (χ0v) is 14.3. The van der Waals surface area contributed by atoms with Crippen LogP contribution in [0, 0.1) is 10.5 Å². The summed E-state index contributed by atoms with van der Waals surface area (Å²) in [4.78, 5) is 8.52. The van der Waals surface area contributed by atoms with Gasteiger partial charge in [-0.2, -0.15) is 0 Å². The van der Waals surface area contributed by atoms with Gasteiger partial charge in [-0.1, -0.05) is 32.1 Å². The second kappa shape index (κ2) is 6.83. The van der Waals surface area contributed by atoms with Crippen LogP contribution in [-0.4, -0.2) is 9.97 Å². The molecule has 0 radical (unpaired) electrons. The van der Waals surface area contributed by atoms with Gasteiger partial charge in [-0.15, -0.1) is 11.8 Å². The molecule has 1 aromatic carbocycles. The minimum Gasteiger partial charge on any atom is -0.345 e. The lowest BCUT2D eigenvalue weighted by atomic mass is 10.1. The lowest BCUT2D eigenvalue weighted by Gasteiger charge is -2.11. The molecule has 0 fully saturated rings. The van der Waals surface area contributed by atoms with Crippen LogP contribution in [0.1, 0.15) is 31.3 Å². The van der Waals surface area contributed by atoms with E-state index in [0.717, 1.165) is 20.9 Å². The Kier molecular flexibility index (Phi) is 5.35. The van der Waals surface area contributed by atoms with E-state index in [9.17, 15) is 4.39 Å². The van der Waals surface area contributed by atoms with Crippen molar-refractivity contribution in [2.24, 2.45) is 0 Å². The van der Waals surface area contributed by atoms with Crippen molar-refractivity contribution in [3.8, 4) is 0 Å². The van der Waals surface area contributed by atoms with Crippen molar-refractivity contribution in [2.75, 3.05) is 0 Å². The molecular weight excluding hydrogens is 359 g/mol. The molecule has 0 aliphatic rings. The van der Waals surface area contributed by atoms with Gasteiger partial charge >= 0.3 is 0 Å². The second-order valence-corrected chi connectivity index (χ2v) is 6.85. The van der Waals surface area contributed by atoms with Crippen LogP contribution in [-0.2, 0) is 5.75 Å². The highest BCUT2D eigenvalue weighted by atomic mass is 79.9. The Balaban J connectivity index is 2.20. The third kappa shape index (κ3) is 3.90. The van der Waals surface area contributed by atoms with Crippen molar-refractivity contribution in [1.82, 2.24) is 9.97 Å². The molecule has 0 atom stereocenters. The summed E-state index contributed by atoms with van der Waals surface area (Å²) in [5.41, 5.74) is 1.04. The lowest BCUT2D eigenvalue weighted by molar-refractivity contribution is 0.624. The first-order valence-corrected chi connectivity index (χ1v) is 8.33. The molecule has 2 nitrogen and oxygen atoms in total. The molecule has 0 bridgehead atoms. The lowest BCUT2D eigenvalue weighted by Crippen LogP contribution is -2.02. The van der Waals surface area contributed by atoms with E-state index in [1.165, 1.54) is 23.9 Å². The maximum atomic E-state index is 13.1. The molecule has 2 rings (SSSR count). The number of nitrogens with zero attached hydrogens (tertiary/aromatic N) is 1. The van der Waals surface area contributed by atoms with E-state index in [1.54, 1.807) is 6.07 Å². The van der Waals surface area contributed by atoms with Crippen LogP contribution in [0.25, 0.3) is 0 Å². The summed E-state index contributed by atoms with van der Waals surface area (Å²) in [5, 5.41) is 0. The fourth-order valence-electron chi connectivity index (χ4n) is 1.70. The molecule has 0 saturated carbocycles. The Morgan fingerprint density at radius 3 is 2.85 bits per heavy atom. The molecule has 0 aliphatic heterocycles. The second-order valence-electron chi connectivity index (χ2n) is 4.62. The van der Waals surface area contributed by atoms with Gasteiger partial charge in [-0.05, 0) is 40.0 Å². The molecule has 0 unspecified atom stereocenters. The molecule has 1 heterocycles. The Bertz CT molecular complexity index is 670. The first kappa shape index (κ1) is 15.7. The monoisotopic (exact) mass is 372 g/mol. The normalized spacial score (nSPS) is 11.1. The van der Waals surface area contributed by atoms with Crippen LogP contribution in [0.3, 0.4) is 0 Å². The number of nitrogens with one attached hydrogen (secondary N) is 1. The van der Waals surface area contributed by atoms with Crippen LogP contribution in [0.5, 0.6) is 0 Å². The van der Waals surface area contributed by atoms with E-state index in [-0.39, 0.29) is 5.82 Å². The SMILES string of the molecule is CC(C)c1[nH]c(CSc2cccc(F)c2)nc(=S)c1Br. The van der Waals surface area contributed by atoms with E-state index >= 15 is 0 Å². The maximum Gasteiger partial charge on any atom is 0.144 e. The van der Waals surface area contributed by atoms with Crippen LogP contribution in [0.2, 0.25) is 0 Å². The highest BCUT2D eigenvalue weighted by Gasteiger charge is 2.10. The largest absolute Gasteiger partial charge is 0.345 e. The van der Waals surface area contributed by atoms with Gasteiger partial charge in [0, 0.05) is 10.6 Å². The van der Waals surface area contributed by atoms with Crippen LogP contribution in [0.15, 0.2) is 33.6 Å². The van der Waals surface area contributed by atoms with E-state index in [2.05, 4.69) is 39.7 Å². The fraction of sp³-hybridized carbons (Fsp3) is 0.286. The van der Waals surface area contributed by atoms with Crippen LogP contribution >= 0.6 is 39.9 Å². The van der Waals surface area contributed by atoms with Crippen molar-refractivity contribution in [3.63, 3.8) is 0 Å². The average molecular weight is 373 g/mol.